The van der Waals surface area contributed by atoms with Crippen LogP contribution in [0.3, 0.4) is 0 Å². The molecule has 0 bridgehead atoms. The first kappa shape index (κ1) is 15.9. The van der Waals surface area contributed by atoms with Gasteiger partial charge >= 0.3 is 0 Å². The summed E-state index contributed by atoms with van der Waals surface area (Å²) in [6, 6.07) is 13.5. The van der Waals surface area contributed by atoms with Crippen LogP contribution in [0.5, 0.6) is 0 Å². The van der Waals surface area contributed by atoms with Crippen LogP contribution in [0.4, 0.5) is 0 Å². The average molecular weight is 341 g/mol. The minimum Gasteiger partial charge on any atom is -0.200 e. The third-order valence-corrected chi connectivity index (χ3v) is 4.86. The third-order valence-electron chi connectivity index (χ3n) is 2.63. The van der Waals surface area contributed by atoms with Crippen molar-refractivity contribution >= 4 is 39.6 Å². The van der Waals surface area contributed by atoms with Crippen molar-refractivity contribution in [3.8, 4) is 0 Å². The topological polar surface area (TPSA) is 58.5 Å². The maximum absolute atomic E-state index is 12.0. The molecule has 0 aliphatic carbocycles. The van der Waals surface area contributed by atoms with Crippen LogP contribution < -0.4 is 4.83 Å². The van der Waals surface area contributed by atoms with Gasteiger partial charge in [-0.1, -0.05) is 23.7 Å². The zero-order valence-electron chi connectivity index (χ0n) is 11.2. The van der Waals surface area contributed by atoms with Crippen molar-refractivity contribution in [2.24, 2.45) is 5.10 Å². The fourth-order valence-electron chi connectivity index (χ4n) is 1.53. The molecule has 0 aromatic heterocycles. The van der Waals surface area contributed by atoms with Gasteiger partial charge in [0, 0.05) is 9.92 Å². The van der Waals surface area contributed by atoms with Crippen molar-refractivity contribution < 1.29 is 8.42 Å². The monoisotopic (exact) mass is 340 g/mol. The minimum absolute atomic E-state index is 0.113. The highest BCUT2D eigenvalue weighted by atomic mass is 35.5. The van der Waals surface area contributed by atoms with Gasteiger partial charge in [0.15, 0.2) is 0 Å². The molecular formula is C14H13ClN2O2S2. The van der Waals surface area contributed by atoms with Gasteiger partial charge in [-0.3, -0.25) is 0 Å². The van der Waals surface area contributed by atoms with Gasteiger partial charge in [0.25, 0.3) is 10.0 Å². The highest BCUT2D eigenvalue weighted by Gasteiger charge is 2.11. The van der Waals surface area contributed by atoms with Crippen LogP contribution in [0.1, 0.15) is 5.56 Å². The lowest BCUT2D eigenvalue weighted by molar-refractivity contribution is 0.584. The number of hydrazone groups is 1. The van der Waals surface area contributed by atoms with Gasteiger partial charge in [0.1, 0.15) is 0 Å². The number of benzene rings is 2. The molecule has 21 heavy (non-hydrogen) atoms. The first-order valence-electron chi connectivity index (χ1n) is 5.96. The van der Waals surface area contributed by atoms with E-state index in [-0.39, 0.29) is 4.90 Å². The van der Waals surface area contributed by atoms with Gasteiger partial charge in [0.2, 0.25) is 0 Å². The molecule has 0 saturated carbocycles. The van der Waals surface area contributed by atoms with E-state index in [4.69, 9.17) is 11.6 Å². The molecule has 0 amide bonds. The quantitative estimate of drug-likeness (QED) is 0.515. The van der Waals surface area contributed by atoms with Crippen LogP contribution in [0.25, 0.3) is 0 Å². The average Bonchev–Trinajstić information content (AvgIpc) is 2.48. The lowest BCUT2D eigenvalue weighted by Gasteiger charge is -2.03. The predicted molar refractivity (Wildman–Crippen MR) is 87.6 cm³/mol. The Labute approximate surface area is 133 Å². The van der Waals surface area contributed by atoms with E-state index >= 15 is 0 Å². The van der Waals surface area contributed by atoms with E-state index in [1.165, 1.54) is 30.5 Å². The van der Waals surface area contributed by atoms with Crippen molar-refractivity contribution in [3.63, 3.8) is 0 Å². The summed E-state index contributed by atoms with van der Waals surface area (Å²) in [5.74, 6) is 0. The number of sulfonamides is 1. The van der Waals surface area contributed by atoms with Crippen LogP contribution in [-0.2, 0) is 10.0 Å². The molecule has 2 aromatic rings. The van der Waals surface area contributed by atoms with Crippen LogP contribution in [0.15, 0.2) is 63.4 Å². The SMILES string of the molecule is CSc1ccc(C=NNS(=O)(=O)c2ccc(Cl)cc2)cc1. The van der Waals surface area contributed by atoms with Gasteiger partial charge in [0.05, 0.1) is 11.1 Å². The van der Waals surface area contributed by atoms with Gasteiger partial charge in [-0.15, -0.1) is 11.8 Å². The minimum atomic E-state index is -3.67. The molecule has 0 atom stereocenters. The Morgan fingerprint density at radius 1 is 1.10 bits per heavy atom. The van der Waals surface area contributed by atoms with Gasteiger partial charge < -0.3 is 0 Å². The van der Waals surface area contributed by atoms with E-state index in [9.17, 15) is 8.42 Å². The van der Waals surface area contributed by atoms with E-state index in [2.05, 4.69) is 9.93 Å². The summed E-state index contributed by atoms with van der Waals surface area (Å²) < 4.78 is 23.9. The summed E-state index contributed by atoms with van der Waals surface area (Å²) in [6.45, 7) is 0. The van der Waals surface area contributed by atoms with Crippen molar-refractivity contribution in [3.05, 3.63) is 59.1 Å². The summed E-state index contributed by atoms with van der Waals surface area (Å²) >= 11 is 7.36. The number of rotatable bonds is 5. The number of nitrogens with zero attached hydrogens (tertiary/aromatic N) is 1. The van der Waals surface area contributed by atoms with Gasteiger partial charge in [-0.2, -0.15) is 13.5 Å². The molecule has 0 aliphatic rings. The second-order valence-corrected chi connectivity index (χ2v) is 7.06. The summed E-state index contributed by atoms with van der Waals surface area (Å²) in [4.78, 5) is 3.41. The maximum atomic E-state index is 12.0. The van der Waals surface area contributed by atoms with Gasteiger partial charge in [-0.05, 0) is 48.2 Å². The molecule has 0 radical (unpaired) electrons. The van der Waals surface area contributed by atoms with Crippen molar-refractivity contribution in [2.75, 3.05) is 6.26 Å². The van der Waals surface area contributed by atoms with E-state index in [0.29, 0.717) is 5.02 Å². The Morgan fingerprint density at radius 2 is 1.71 bits per heavy atom. The number of hydrogen-bond donors (Lipinski definition) is 1. The number of halogens is 1. The normalized spacial score (nSPS) is 11.7. The number of nitrogens with one attached hydrogen (secondary N) is 1. The smallest absolute Gasteiger partial charge is 0.200 e. The van der Waals surface area contributed by atoms with E-state index in [1.54, 1.807) is 11.8 Å². The Kier molecular flexibility index (Phi) is 5.27. The fraction of sp³-hybridized carbons (Fsp3) is 0.0714. The van der Waals surface area contributed by atoms with Crippen molar-refractivity contribution in [2.45, 2.75) is 9.79 Å². The van der Waals surface area contributed by atoms with Crippen LogP contribution in [0.2, 0.25) is 5.02 Å². The first-order valence-corrected chi connectivity index (χ1v) is 9.04. The molecule has 0 heterocycles. The van der Waals surface area contributed by atoms with Gasteiger partial charge in [-0.25, -0.2) is 4.83 Å². The van der Waals surface area contributed by atoms with Crippen LogP contribution in [-0.4, -0.2) is 20.9 Å². The highest BCUT2D eigenvalue weighted by Crippen LogP contribution is 2.15. The van der Waals surface area contributed by atoms with E-state index in [0.717, 1.165) is 10.5 Å². The fourth-order valence-corrected chi connectivity index (χ4v) is 2.85. The molecule has 2 rings (SSSR count). The lowest BCUT2D eigenvalue weighted by atomic mass is 10.2. The lowest BCUT2D eigenvalue weighted by Crippen LogP contribution is -2.18. The molecule has 4 nitrogen and oxygen atoms in total. The Morgan fingerprint density at radius 3 is 2.29 bits per heavy atom. The molecule has 0 unspecified atom stereocenters. The van der Waals surface area contributed by atoms with Crippen molar-refractivity contribution in [1.82, 2.24) is 4.83 Å². The van der Waals surface area contributed by atoms with Crippen LogP contribution in [0, 0.1) is 0 Å². The molecule has 1 N–H and O–H groups in total. The summed E-state index contributed by atoms with van der Waals surface area (Å²) in [5, 5.41) is 4.24. The number of hydrogen-bond acceptors (Lipinski definition) is 4. The third kappa shape index (κ3) is 4.49. The second-order valence-electron chi connectivity index (χ2n) is 4.08. The summed E-state index contributed by atoms with van der Waals surface area (Å²) in [5.41, 5.74) is 0.812. The standard InChI is InChI=1S/C14H13ClN2O2S2/c1-20-13-6-2-11(3-7-13)10-16-17-21(18,19)14-8-4-12(15)5-9-14/h2-10,17H,1H3. The van der Waals surface area contributed by atoms with Crippen LogP contribution >= 0.6 is 23.4 Å². The highest BCUT2D eigenvalue weighted by molar-refractivity contribution is 7.98. The number of thioether (sulfide) groups is 1. The molecule has 0 saturated heterocycles. The molecule has 0 spiro atoms. The van der Waals surface area contributed by atoms with E-state index in [1.807, 2.05) is 30.5 Å². The van der Waals surface area contributed by atoms with Crippen molar-refractivity contribution in [1.29, 1.82) is 0 Å². The molecule has 7 heteroatoms. The maximum Gasteiger partial charge on any atom is 0.276 e. The largest absolute Gasteiger partial charge is 0.276 e. The molecular weight excluding hydrogens is 328 g/mol. The first-order chi connectivity index (χ1) is 10.0. The predicted octanol–water partition coefficient (Wildman–Crippen LogP) is 3.37. The molecule has 0 aliphatic heterocycles. The zero-order chi connectivity index (χ0) is 15.3. The second kappa shape index (κ2) is 6.98. The zero-order valence-corrected chi connectivity index (χ0v) is 13.5. The molecule has 2 aromatic carbocycles. The van der Waals surface area contributed by atoms with E-state index < -0.39 is 10.0 Å². The summed E-state index contributed by atoms with van der Waals surface area (Å²) in [7, 11) is -3.67. The Hall–Kier alpha value is -1.50. The summed E-state index contributed by atoms with van der Waals surface area (Å²) in [6.07, 6.45) is 3.45. The molecule has 0 fully saturated rings. The Balaban J connectivity index is 2.06. The Bertz CT molecular complexity index is 727. The molecule has 110 valence electrons.